The Morgan fingerprint density at radius 3 is 1.56 bits per heavy atom. The van der Waals surface area contributed by atoms with Gasteiger partial charge in [-0.25, -0.2) is 9.18 Å². The van der Waals surface area contributed by atoms with Crippen molar-refractivity contribution in [1.82, 2.24) is 0 Å². The van der Waals surface area contributed by atoms with E-state index < -0.39 is 6.16 Å². The predicted octanol–water partition coefficient (Wildman–Crippen LogP) is 2.10. The molecule has 0 unspecified atom stereocenters. The topological polar surface area (TPSA) is 57.5 Å². The molecule has 0 bridgehead atoms. The number of carboxylic acid groups (broad SMARTS) is 2. The van der Waals surface area contributed by atoms with Crippen LogP contribution in [0.1, 0.15) is 13.8 Å². The lowest BCUT2D eigenvalue weighted by Gasteiger charge is -1.70. The summed E-state index contributed by atoms with van der Waals surface area (Å²) in [6.07, 6.45) is -1.25. The van der Waals surface area contributed by atoms with Gasteiger partial charge in [-0.3, -0.25) is 0 Å². The van der Waals surface area contributed by atoms with Crippen LogP contribution in [-0.2, 0) is 0 Å². The van der Waals surface area contributed by atoms with Gasteiger partial charge in [-0.1, -0.05) is 0 Å². The molecule has 0 aromatic rings. The van der Waals surface area contributed by atoms with E-state index in [0.717, 1.165) is 0 Å². The lowest BCUT2D eigenvalue weighted by atomic mass is 10.4. The number of hydrogen-bond acceptors (Lipinski definition) is 1. The van der Waals surface area contributed by atoms with Crippen molar-refractivity contribution in [2.24, 2.45) is 0 Å². The monoisotopic (exact) mass is 136 g/mol. The summed E-state index contributed by atoms with van der Waals surface area (Å²) in [4.78, 5) is 8.56. The first kappa shape index (κ1) is 10.8. The summed E-state index contributed by atoms with van der Waals surface area (Å²) in [5.74, 6) is 0. The Bertz CT molecular complexity index is 101. The summed E-state index contributed by atoms with van der Waals surface area (Å²) in [5.41, 5.74) is 0.713. The molecule has 0 aliphatic rings. The molecule has 0 fully saturated rings. The van der Waals surface area contributed by atoms with Crippen LogP contribution in [0.5, 0.6) is 0 Å². The first-order valence-electron chi connectivity index (χ1n) is 2.16. The van der Waals surface area contributed by atoms with Crippen molar-refractivity contribution < 1.29 is 19.4 Å². The van der Waals surface area contributed by atoms with Gasteiger partial charge in [0, 0.05) is 0 Å². The Balaban J connectivity index is 0. The van der Waals surface area contributed by atoms with E-state index in [9.17, 15) is 4.39 Å². The molecule has 0 aliphatic carbocycles. The number of hydrogen-bond donors (Lipinski definition) is 2. The Hall–Kier alpha value is -1.06. The number of rotatable bonds is 0. The average Bonchev–Trinajstić information content (AvgIpc) is 1.65. The Labute approximate surface area is 52.4 Å². The summed E-state index contributed by atoms with van der Waals surface area (Å²) in [6, 6.07) is 0. The smallest absolute Gasteiger partial charge is 0.450 e. The van der Waals surface area contributed by atoms with E-state index in [1.54, 1.807) is 13.8 Å². The molecule has 3 nitrogen and oxygen atoms in total. The molecule has 0 saturated heterocycles. The molecule has 0 aliphatic heterocycles. The third kappa shape index (κ3) is 192. The maximum Gasteiger partial charge on any atom is 0.503 e. The fourth-order valence-electron chi connectivity index (χ4n) is 0. The van der Waals surface area contributed by atoms with Crippen molar-refractivity contribution in [3.05, 3.63) is 11.9 Å². The summed E-state index contributed by atoms with van der Waals surface area (Å²) >= 11 is 0. The maximum atomic E-state index is 11.0. The third-order valence-electron chi connectivity index (χ3n) is 0.218. The highest BCUT2D eigenvalue weighted by molar-refractivity contribution is 5.53. The van der Waals surface area contributed by atoms with Crippen LogP contribution in [-0.4, -0.2) is 16.4 Å². The van der Waals surface area contributed by atoms with E-state index in [0.29, 0.717) is 11.9 Å². The van der Waals surface area contributed by atoms with E-state index in [4.69, 9.17) is 15.0 Å². The summed E-state index contributed by atoms with van der Waals surface area (Å²) < 4.78 is 11.0. The zero-order valence-corrected chi connectivity index (χ0v) is 5.26. The van der Waals surface area contributed by atoms with Gasteiger partial charge in [0.05, 0.1) is 6.33 Å². The zero-order chi connectivity index (χ0) is 7.86. The third-order valence-corrected chi connectivity index (χ3v) is 0.218. The zero-order valence-electron chi connectivity index (χ0n) is 5.26. The van der Waals surface area contributed by atoms with Gasteiger partial charge in [-0.15, -0.1) is 0 Å². The minimum absolute atomic E-state index is 0.583. The second-order valence-electron chi connectivity index (χ2n) is 1.47. The van der Waals surface area contributed by atoms with Crippen molar-refractivity contribution in [1.29, 1.82) is 0 Å². The van der Waals surface area contributed by atoms with Gasteiger partial charge in [0.2, 0.25) is 0 Å². The van der Waals surface area contributed by atoms with E-state index in [2.05, 4.69) is 0 Å². The Morgan fingerprint density at radius 2 is 1.56 bits per heavy atom. The Kier molecular flexibility index (Phi) is 8.36. The van der Waals surface area contributed by atoms with Gasteiger partial charge in [-0.05, 0) is 19.4 Å². The summed E-state index contributed by atoms with van der Waals surface area (Å²) in [6.45, 7) is 3.42. The first-order chi connectivity index (χ1) is 4.00. The van der Waals surface area contributed by atoms with Crippen molar-refractivity contribution in [3.8, 4) is 0 Å². The van der Waals surface area contributed by atoms with Crippen LogP contribution in [0.4, 0.5) is 9.18 Å². The van der Waals surface area contributed by atoms with Crippen LogP contribution >= 0.6 is 0 Å². The first-order valence-corrected chi connectivity index (χ1v) is 2.16. The molecule has 0 amide bonds. The van der Waals surface area contributed by atoms with Gasteiger partial charge in [0.25, 0.3) is 0 Å². The van der Waals surface area contributed by atoms with Crippen molar-refractivity contribution >= 4 is 6.16 Å². The molecule has 2 N–H and O–H groups in total. The standard InChI is InChI=1S/C4H7F.CH2O3/c1-4(2)3-5;2-1(3)4/h3H,1-2H3;(H2,2,3,4). The quantitative estimate of drug-likeness (QED) is 0.536. The highest BCUT2D eigenvalue weighted by Gasteiger charge is 1.70. The van der Waals surface area contributed by atoms with Gasteiger partial charge in [0.1, 0.15) is 0 Å². The van der Waals surface area contributed by atoms with Gasteiger partial charge >= 0.3 is 6.16 Å². The van der Waals surface area contributed by atoms with Crippen molar-refractivity contribution in [2.45, 2.75) is 13.8 Å². The van der Waals surface area contributed by atoms with E-state index in [1.165, 1.54) is 0 Å². The molecule has 9 heavy (non-hydrogen) atoms. The number of halogens is 1. The largest absolute Gasteiger partial charge is 0.503 e. The number of allylic oxidation sites excluding steroid dienone is 1. The Morgan fingerprint density at radius 1 is 1.44 bits per heavy atom. The fraction of sp³-hybridized carbons (Fsp3) is 0.400. The van der Waals surface area contributed by atoms with Crippen LogP contribution < -0.4 is 0 Å². The van der Waals surface area contributed by atoms with E-state index >= 15 is 0 Å². The minimum Gasteiger partial charge on any atom is -0.450 e. The van der Waals surface area contributed by atoms with Crippen LogP contribution in [0.3, 0.4) is 0 Å². The average molecular weight is 136 g/mol. The number of carbonyl (C=O) groups is 1. The molecule has 0 atom stereocenters. The minimum atomic E-state index is -1.83. The SMILES string of the molecule is CC(C)=CF.O=C(O)O. The molecule has 54 valence electrons. The molecule has 0 saturated carbocycles. The molecule has 4 heteroatoms. The molecular weight excluding hydrogens is 127 g/mol. The molecule has 0 heterocycles. The maximum absolute atomic E-state index is 11.0. The van der Waals surface area contributed by atoms with Gasteiger partial charge in [-0.2, -0.15) is 0 Å². The molecule has 0 aromatic heterocycles. The molecule has 0 spiro atoms. The predicted molar refractivity (Wildman–Crippen MR) is 31.2 cm³/mol. The van der Waals surface area contributed by atoms with Crippen LogP contribution in [0.15, 0.2) is 11.9 Å². The van der Waals surface area contributed by atoms with Crippen LogP contribution in [0.2, 0.25) is 0 Å². The molecule has 0 aromatic carbocycles. The van der Waals surface area contributed by atoms with Crippen LogP contribution in [0.25, 0.3) is 0 Å². The van der Waals surface area contributed by atoms with E-state index in [1.807, 2.05) is 0 Å². The second-order valence-corrected chi connectivity index (χ2v) is 1.47. The second kappa shape index (κ2) is 6.94. The lowest BCUT2D eigenvalue weighted by Crippen LogP contribution is -1.81. The molecule has 0 rings (SSSR count). The molecular formula is C5H9FO3. The normalized spacial score (nSPS) is 6.56. The lowest BCUT2D eigenvalue weighted by molar-refractivity contribution is 0.137. The molecule has 0 radical (unpaired) electrons. The van der Waals surface area contributed by atoms with E-state index in [-0.39, 0.29) is 0 Å². The van der Waals surface area contributed by atoms with Gasteiger partial charge in [0.15, 0.2) is 0 Å². The highest BCUT2D eigenvalue weighted by Crippen LogP contribution is 1.84. The van der Waals surface area contributed by atoms with Crippen LogP contribution in [0, 0.1) is 0 Å². The summed E-state index contributed by atoms with van der Waals surface area (Å²) in [5, 5.41) is 13.9. The van der Waals surface area contributed by atoms with Gasteiger partial charge < -0.3 is 10.2 Å². The summed E-state index contributed by atoms with van der Waals surface area (Å²) in [7, 11) is 0. The van der Waals surface area contributed by atoms with Crippen molar-refractivity contribution in [3.63, 3.8) is 0 Å². The highest BCUT2D eigenvalue weighted by atomic mass is 19.1. The fourth-order valence-corrected chi connectivity index (χ4v) is 0. The van der Waals surface area contributed by atoms with Crippen molar-refractivity contribution in [2.75, 3.05) is 0 Å².